The number of methoxy groups -OCH3 is 2. The maximum Gasteiger partial charge on any atom is 0.310 e. The Bertz CT molecular complexity index is 631. The van der Waals surface area contributed by atoms with Crippen LogP contribution in [-0.2, 0) is 20.7 Å². The highest BCUT2D eigenvalue weighted by molar-refractivity contribution is 5.81. The molecule has 0 unspecified atom stereocenters. The van der Waals surface area contributed by atoms with Crippen LogP contribution in [0.25, 0.3) is 0 Å². The van der Waals surface area contributed by atoms with E-state index < -0.39 is 5.97 Å². The molecule has 6 heteroatoms. The molecule has 0 saturated heterocycles. The second kappa shape index (κ2) is 9.46. The van der Waals surface area contributed by atoms with E-state index in [9.17, 15) is 9.59 Å². The maximum absolute atomic E-state index is 12.1. The molecule has 1 fully saturated rings. The third kappa shape index (κ3) is 5.38. The molecular formula is C20H29NO5. The smallest absolute Gasteiger partial charge is 0.310 e. The molecule has 1 aliphatic carbocycles. The van der Waals surface area contributed by atoms with Gasteiger partial charge in [0.2, 0.25) is 0 Å². The van der Waals surface area contributed by atoms with Gasteiger partial charge in [-0.1, -0.05) is 32.8 Å². The van der Waals surface area contributed by atoms with Crippen molar-refractivity contribution in [3.05, 3.63) is 23.8 Å². The van der Waals surface area contributed by atoms with E-state index >= 15 is 0 Å². The minimum Gasteiger partial charge on any atom is -0.493 e. The van der Waals surface area contributed by atoms with Crippen LogP contribution in [0.3, 0.4) is 0 Å². The largest absolute Gasteiger partial charge is 0.493 e. The Kier molecular flexibility index (Phi) is 7.30. The fourth-order valence-corrected chi connectivity index (χ4v) is 3.39. The van der Waals surface area contributed by atoms with E-state index in [0.29, 0.717) is 23.3 Å². The molecule has 6 nitrogen and oxygen atoms in total. The molecule has 1 aliphatic rings. The Hall–Kier alpha value is -2.24. The van der Waals surface area contributed by atoms with Gasteiger partial charge in [0.1, 0.15) is 0 Å². The molecule has 0 spiro atoms. The first kappa shape index (κ1) is 20.1. The number of benzene rings is 1. The molecular weight excluding hydrogens is 334 g/mol. The second-order valence-corrected chi connectivity index (χ2v) is 6.97. The molecule has 26 heavy (non-hydrogen) atoms. The van der Waals surface area contributed by atoms with Gasteiger partial charge in [-0.15, -0.1) is 0 Å². The molecule has 0 aliphatic heterocycles. The zero-order valence-electron chi connectivity index (χ0n) is 16.0. The van der Waals surface area contributed by atoms with Gasteiger partial charge in [0, 0.05) is 6.04 Å². The number of nitrogens with one attached hydrogen (secondary N) is 1. The predicted octanol–water partition coefficient (Wildman–Crippen LogP) is 2.73. The molecule has 144 valence electrons. The zero-order valence-corrected chi connectivity index (χ0v) is 16.0. The van der Waals surface area contributed by atoms with Gasteiger partial charge < -0.3 is 19.5 Å². The lowest BCUT2D eigenvalue weighted by Gasteiger charge is -2.34. The standard InChI is InChI=1S/C20H29NO5/c1-13-6-5-7-16(14(13)2)21-19(22)12-26-20(23)11-15-8-9-17(24-3)18(10-15)25-4/h8-10,13-14,16H,5-7,11-12H2,1-4H3,(H,21,22)/t13-,14+,16-/m0/s1. The first-order valence-corrected chi connectivity index (χ1v) is 9.10. The van der Waals surface area contributed by atoms with Gasteiger partial charge in [-0.2, -0.15) is 0 Å². The average molecular weight is 363 g/mol. The van der Waals surface area contributed by atoms with Gasteiger partial charge in [-0.3, -0.25) is 9.59 Å². The summed E-state index contributed by atoms with van der Waals surface area (Å²) in [6.45, 7) is 4.13. The Labute approximate surface area is 155 Å². The van der Waals surface area contributed by atoms with E-state index in [2.05, 4.69) is 19.2 Å². The van der Waals surface area contributed by atoms with Crippen molar-refractivity contribution >= 4 is 11.9 Å². The molecule has 1 N–H and O–H groups in total. The molecule has 1 aromatic rings. The van der Waals surface area contributed by atoms with E-state index in [1.165, 1.54) is 13.5 Å². The topological polar surface area (TPSA) is 73.9 Å². The number of carbonyl (C=O) groups excluding carboxylic acids is 2. The van der Waals surface area contributed by atoms with Crippen molar-refractivity contribution < 1.29 is 23.8 Å². The summed E-state index contributed by atoms with van der Waals surface area (Å²) in [5.74, 6) is 1.50. The fourth-order valence-electron chi connectivity index (χ4n) is 3.39. The zero-order chi connectivity index (χ0) is 19.1. The lowest BCUT2D eigenvalue weighted by molar-refractivity contribution is -0.148. The Morgan fingerprint density at radius 2 is 1.85 bits per heavy atom. The lowest BCUT2D eigenvalue weighted by atomic mass is 9.78. The van der Waals surface area contributed by atoms with Gasteiger partial charge in [0.15, 0.2) is 18.1 Å². The number of rotatable bonds is 7. The number of carbonyl (C=O) groups is 2. The highest BCUT2D eigenvalue weighted by Gasteiger charge is 2.28. The summed E-state index contributed by atoms with van der Waals surface area (Å²) in [7, 11) is 3.09. The van der Waals surface area contributed by atoms with Crippen molar-refractivity contribution in [1.82, 2.24) is 5.32 Å². The summed E-state index contributed by atoms with van der Waals surface area (Å²) < 4.78 is 15.5. The fraction of sp³-hybridized carbons (Fsp3) is 0.600. The normalized spacial score (nSPS) is 22.4. The van der Waals surface area contributed by atoms with Gasteiger partial charge in [-0.25, -0.2) is 0 Å². The molecule has 0 aromatic heterocycles. The highest BCUT2D eigenvalue weighted by Crippen LogP contribution is 2.29. The van der Waals surface area contributed by atoms with Crippen LogP contribution in [0.5, 0.6) is 11.5 Å². The summed E-state index contributed by atoms with van der Waals surface area (Å²) in [5, 5.41) is 3.00. The number of ether oxygens (including phenoxy) is 3. The first-order chi connectivity index (χ1) is 12.4. The molecule has 1 amide bonds. The molecule has 1 saturated carbocycles. The summed E-state index contributed by atoms with van der Waals surface area (Å²) in [6.07, 6.45) is 3.38. The maximum atomic E-state index is 12.1. The predicted molar refractivity (Wildman–Crippen MR) is 98.3 cm³/mol. The third-order valence-electron chi connectivity index (χ3n) is 5.21. The van der Waals surface area contributed by atoms with E-state index in [0.717, 1.165) is 18.4 Å². The van der Waals surface area contributed by atoms with Crippen molar-refractivity contribution in [1.29, 1.82) is 0 Å². The molecule has 3 atom stereocenters. The van der Waals surface area contributed by atoms with Crippen LogP contribution in [0.4, 0.5) is 0 Å². The Morgan fingerprint density at radius 1 is 1.12 bits per heavy atom. The number of esters is 1. The molecule has 2 rings (SSSR count). The van der Waals surface area contributed by atoms with E-state index in [4.69, 9.17) is 14.2 Å². The van der Waals surface area contributed by atoms with E-state index in [-0.39, 0.29) is 25.0 Å². The van der Waals surface area contributed by atoms with Crippen molar-refractivity contribution in [2.24, 2.45) is 11.8 Å². The van der Waals surface area contributed by atoms with Crippen molar-refractivity contribution in [3.8, 4) is 11.5 Å². The van der Waals surface area contributed by atoms with Crippen LogP contribution in [0.1, 0.15) is 38.7 Å². The van der Waals surface area contributed by atoms with E-state index in [1.807, 2.05) is 0 Å². The Morgan fingerprint density at radius 3 is 2.54 bits per heavy atom. The summed E-state index contributed by atoms with van der Waals surface area (Å²) >= 11 is 0. The average Bonchev–Trinajstić information content (AvgIpc) is 2.63. The van der Waals surface area contributed by atoms with Crippen LogP contribution in [0.2, 0.25) is 0 Å². The molecule has 1 aromatic carbocycles. The number of hydrogen-bond acceptors (Lipinski definition) is 5. The number of hydrogen-bond donors (Lipinski definition) is 1. The van der Waals surface area contributed by atoms with Gasteiger partial charge >= 0.3 is 5.97 Å². The van der Waals surface area contributed by atoms with Crippen LogP contribution in [0, 0.1) is 11.8 Å². The lowest BCUT2D eigenvalue weighted by Crippen LogP contribution is -2.45. The summed E-state index contributed by atoms with van der Waals surface area (Å²) in [4.78, 5) is 24.1. The first-order valence-electron chi connectivity index (χ1n) is 9.10. The van der Waals surface area contributed by atoms with E-state index in [1.54, 1.807) is 25.3 Å². The van der Waals surface area contributed by atoms with Crippen LogP contribution < -0.4 is 14.8 Å². The molecule has 0 bridgehead atoms. The summed E-state index contributed by atoms with van der Waals surface area (Å²) in [6, 6.07) is 5.40. The van der Waals surface area contributed by atoms with Gasteiger partial charge in [0.05, 0.1) is 20.6 Å². The van der Waals surface area contributed by atoms with Crippen molar-refractivity contribution in [3.63, 3.8) is 0 Å². The molecule has 0 radical (unpaired) electrons. The minimum atomic E-state index is -0.447. The van der Waals surface area contributed by atoms with Crippen LogP contribution in [0.15, 0.2) is 18.2 Å². The minimum absolute atomic E-state index is 0.0739. The second-order valence-electron chi connectivity index (χ2n) is 6.97. The summed E-state index contributed by atoms with van der Waals surface area (Å²) in [5.41, 5.74) is 0.739. The Balaban J connectivity index is 1.80. The molecule has 0 heterocycles. The van der Waals surface area contributed by atoms with Gasteiger partial charge in [-0.05, 0) is 36.0 Å². The van der Waals surface area contributed by atoms with Gasteiger partial charge in [0.25, 0.3) is 5.91 Å². The number of amides is 1. The van der Waals surface area contributed by atoms with Crippen molar-refractivity contribution in [2.45, 2.75) is 45.6 Å². The van der Waals surface area contributed by atoms with Crippen molar-refractivity contribution in [2.75, 3.05) is 20.8 Å². The van der Waals surface area contributed by atoms with Crippen LogP contribution >= 0.6 is 0 Å². The quantitative estimate of drug-likeness (QED) is 0.754. The third-order valence-corrected chi connectivity index (χ3v) is 5.21. The SMILES string of the molecule is COc1ccc(CC(=O)OCC(=O)N[C@H]2CCC[C@H](C)[C@H]2C)cc1OC. The monoisotopic (exact) mass is 363 g/mol. The highest BCUT2D eigenvalue weighted by atomic mass is 16.5. The van der Waals surface area contributed by atoms with Crippen LogP contribution in [-0.4, -0.2) is 38.7 Å².